The van der Waals surface area contributed by atoms with Gasteiger partial charge in [0.1, 0.15) is 19.8 Å². The third kappa shape index (κ3) is 45.5. The summed E-state index contributed by atoms with van der Waals surface area (Å²) in [5, 5.41) is 0. The molecule has 336 valence electrons. The van der Waals surface area contributed by atoms with Crippen LogP contribution in [0.5, 0.6) is 0 Å². The van der Waals surface area contributed by atoms with Gasteiger partial charge in [0.05, 0.1) is 34.0 Å². The van der Waals surface area contributed by atoms with Crippen molar-refractivity contribution in [3.8, 4) is 0 Å². The van der Waals surface area contributed by atoms with Crippen LogP contribution in [0.15, 0.2) is 36.6 Å². The van der Waals surface area contributed by atoms with Crippen LogP contribution in [0.3, 0.4) is 0 Å². The van der Waals surface area contributed by atoms with Gasteiger partial charge >= 0.3 is 5.97 Å². The van der Waals surface area contributed by atoms with Gasteiger partial charge in [-0.05, 0) is 76.7 Å². The Kier molecular flexibility index (Phi) is 40.3. The molecule has 9 heteroatoms. The van der Waals surface area contributed by atoms with Crippen LogP contribution in [-0.4, -0.2) is 64.1 Å². The minimum Gasteiger partial charge on any atom is -0.756 e. The monoisotopic (exact) mass is 826 g/mol. The summed E-state index contributed by atoms with van der Waals surface area (Å²) in [6, 6.07) is 0. The SMILES string of the molecule is CCCCCCCC/C=C\CCCCCC/C=C\OC(COC(=O)CCCCCCCCCCC/C=C\CCCCCCCC)COP(=O)([O-])OCC[N+](C)(C)C. The molecular formula is C48H92NO7P. The summed E-state index contributed by atoms with van der Waals surface area (Å²) in [5.41, 5.74) is 0. The molecule has 0 N–H and O–H groups in total. The normalized spacial score (nSPS) is 13.9. The maximum absolute atomic E-state index is 12.5. The Labute approximate surface area is 353 Å². The van der Waals surface area contributed by atoms with Crippen LogP contribution in [0.2, 0.25) is 0 Å². The zero-order valence-corrected chi connectivity index (χ0v) is 38.9. The van der Waals surface area contributed by atoms with Crippen LogP contribution in [-0.2, 0) is 27.9 Å². The number of ether oxygens (including phenoxy) is 2. The fourth-order valence-electron chi connectivity index (χ4n) is 6.46. The molecule has 0 aliphatic rings. The Hall–Kier alpha value is -1.44. The molecule has 0 aromatic rings. The topological polar surface area (TPSA) is 94.1 Å². The van der Waals surface area contributed by atoms with Crippen LogP contribution in [0.25, 0.3) is 0 Å². The van der Waals surface area contributed by atoms with Gasteiger partial charge in [-0.3, -0.25) is 9.36 Å². The molecule has 0 saturated heterocycles. The number of hydrogen-bond acceptors (Lipinski definition) is 7. The van der Waals surface area contributed by atoms with Gasteiger partial charge in [0.15, 0.2) is 6.10 Å². The first kappa shape index (κ1) is 55.6. The average Bonchev–Trinajstić information content (AvgIpc) is 3.17. The molecule has 2 atom stereocenters. The van der Waals surface area contributed by atoms with Crippen molar-refractivity contribution >= 4 is 13.8 Å². The van der Waals surface area contributed by atoms with E-state index in [2.05, 4.69) is 38.2 Å². The molecule has 0 amide bonds. The van der Waals surface area contributed by atoms with Crippen molar-refractivity contribution in [2.45, 2.75) is 219 Å². The second-order valence-electron chi connectivity index (χ2n) is 17.2. The Balaban J connectivity index is 4.23. The standard InChI is InChI=1S/C48H92NO7P/c1-6-8-10-12-14-16-18-20-22-24-25-26-27-29-31-33-35-37-39-41-48(50)54-45-47(46-56-57(51,52)55-44-42-49(3,4)5)53-43-40-38-36-34-32-30-28-23-21-19-17-15-13-11-9-7-2/h20-23,40,43,47H,6-19,24-39,41-42,44-46H2,1-5H3/b22-20-,23-21-,43-40-. The van der Waals surface area contributed by atoms with E-state index in [0.29, 0.717) is 17.4 Å². The lowest BCUT2D eigenvalue weighted by Crippen LogP contribution is -2.37. The highest BCUT2D eigenvalue weighted by atomic mass is 31.2. The van der Waals surface area contributed by atoms with Crippen LogP contribution in [0, 0.1) is 0 Å². The summed E-state index contributed by atoms with van der Waals surface area (Å²) in [5.74, 6) is -0.296. The predicted octanol–water partition coefficient (Wildman–Crippen LogP) is 13.9. The highest BCUT2D eigenvalue weighted by Gasteiger charge is 2.19. The second kappa shape index (κ2) is 41.3. The highest BCUT2D eigenvalue weighted by molar-refractivity contribution is 7.45. The molecule has 0 radical (unpaired) electrons. The second-order valence-corrected chi connectivity index (χ2v) is 18.6. The summed E-state index contributed by atoms with van der Waals surface area (Å²) in [7, 11) is 1.36. The van der Waals surface area contributed by atoms with Gasteiger partial charge in [-0.25, -0.2) is 0 Å². The van der Waals surface area contributed by atoms with E-state index in [1.54, 1.807) is 6.26 Å². The fourth-order valence-corrected chi connectivity index (χ4v) is 7.19. The van der Waals surface area contributed by atoms with Crippen LogP contribution >= 0.6 is 7.82 Å². The Morgan fingerprint density at radius 3 is 1.35 bits per heavy atom. The first-order valence-corrected chi connectivity index (χ1v) is 25.2. The van der Waals surface area contributed by atoms with Crippen molar-refractivity contribution in [1.82, 2.24) is 0 Å². The molecule has 0 fully saturated rings. The maximum atomic E-state index is 12.5. The minimum atomic E-state index is -4.52. The van der Waals surface area contributed by atoms with Gasteiger partial charge in [-0.2, -0.15) is 0 Å². The van der Waals surface area contributed by atoms with E-state index >= 15 is 0 Å². The van der Waals surface area contributed by atoms with Crippen molar-refractivity contribution in [3.63, 3.8) is 0 Å². The van der Waals surface area contributed by atoms with Gasteiger partial charge in [0.2, 0.25) is 0 Å². The number of rotatable bonds is 44. The largest absolute Gasteiger partial charge is 0.756 e. The Morgan fingerprint density at radius 1 is 0.544 bits per heavy atom. The lowest BCUT2D eigenvalue weighted by molar-refractivity contribution is -0.870. The predicted molar refractivity (Wildman–Crippen MR) is 240 cm³/mol. The lowest BCUT2D eigenvalue weighted by atomic mass is 10.1. The number of allylic oxidation sites excluding steroid dienone is 5. The number of nitrogens with zero attached hydrogens (tertiary/aromatic N) is 1. The lowest BCUT2D eigenvalue weighted by Gasteiger charge is -2.28. The molecule has 8 nitrogen and oxygen atoms in total. The molecule has 0 saturated carbocycles. The molecule has 0 aromatic carbocycles. The van der Waals surface area contributed by atoms with E-state index in [-0.39, 0.29) is 25.8 Å². The fraction of sp³-hybridized carbons (Fsp3) is 0.854. The minimum absolute atomic E-state index is 0.0252. The van der Waals surface area contributed by atoms with E-state index in [1.807, 2.05) is 27.2 Å². The number of likely N-dealkylation sites (N-methyl/N-ethyl adjacent to an activating group) is 1. The molecule has 0 aromatic heterocycles. The number of quaternary nitrogens is 1. The summed E-state index contributed by atoms with van der Waals surface area (Å²) < 4.78 is 34.4. The molecule has 0 spiro atoms. The maximum Gasteiger partial charge on any atom is 0.305 e. The van der Waals surface area contributed by atoms with E-state index < -0.39 is 13.9 Å². The van der Waals surface area contributed by atoms with Crippen molar-refractivity contribution < 1.29 is 37.3 Å². The molecule has 0 aliphatic carbocycles. The molecule has 0 rings (SSSR count). The summed E-state index contributed by atoms with van der Waals surface area (Å²) >= 11 is 0. The van der Waals surface area contributed by atoms with Crippen LogP contribution in [0.4, 0.5) is 0 Å². The Bertz CT molecular complexity index is 1010. The zero-order chi connectivity index (χ0) is 42.0. The smallest absolute Gasteiger partial charge is 0.305 e. The molecule has 0 aliphatic heterocycles. The van der Waals surface area contributed by atoms with Crippen molar-refractivity contribution in [2.75, 3.05) is 47.5 Å². The third-order valence-electron chi connectivity index (χ3n) is 10.3. The molecule has 57 heavy (non-hydrogen) atoms. The van der Waals surface area contributed by atoms with Crippen LogP contribution < -0.4 is 4.89 Å². The van der Waals surface area contributed by atoms with Gasteiger partial charge in [-0.1, -0.05) is 160 Å². The first-order valence-electron chi connectivity index (χ1n) is 23.8. The third-order valence-corrected chi connectivity index (χ3v) is 11.2. The van der Waals surface area contributed by atoms with E-state index in [0.717, 1.165) is 44.9 Å². The van der Waals surface area contributed by atoms with Gasteiger partial charge < -0.3 is 27.9 Å². The van der Waals surface area contributed by atoms with Crippen molar-refractivity contribution in [1.29, 1.82) is 0 Å². The van der Waals surface area contributed by atoms with Gasteiger partial charge in [-0.15, -0.1) is 0 Å². The van der Waals surface area contributed by atoms with Gasteiger partial charge in [0.25, 0.3) is 7.82 Å². The molecule has 0 bridgehead atoms. The summed E-state index contributed by atoms with van der Waals surface area (Å²) in [6.07, 6.45) is 49.7. The molecular weight excluding hydrogens is 734 g/mol. The van der Waals surface area contributed by atoms with Crippen LogP contribution in [0.1, 0.15) is 213 Å². The molecule has 0 heterocycles. The Morgan fingerprint density at radius 2 is 0.930 bits per heavy atom. The van der Waals surface area contributed by atoms with Crippen molar-refractivity contribution in [3.05, 3.63) is 36.6 Å². The van der Waals surface area contributed by atoms with Crippen molar-refractivity contribution in [2.24, 2.45) is 0 Å². The number of carbonyl (C=O) groups excluding carboxylic acids is 1. The quantitative estimate of drug-likeness (QED) is 0.0151. The average molecular weight is 826 g/mol. The van der Waals surface area contributed by atoms with E-state index in [1.165, 1.54) is 148 Å². The zero-order valence-electron chi connectivity index (χ0n) is 38.0. The van der Waals surface area contributed by atoms with Gasteiger partial charge in [0, 0.05) is 6.42 Å². The number of esters is 1. The number of phosphoric ester groups is 1. The first-order chi connectivity index (χ1) is 27.6. The van der Waals surface area contributed by atoms with E-state index in [9.17, 15) is 14.3 Å². The summed E-state index contributed by atoms with van der Waals surface area (Å²) in [6.45, 7) is 4.71. The summed E-state index contributed by atoms with van der Waals surface area (Å²) in [4.78, 5) is 24.9. The number of hydrogen-bond donors (Lipinski definition) is 0. The van der Waals surface area contributed by atoms with E-state index in [4.69, 9.17) is 18.5 Å². The highest BCUT2D eigenvalue weighted by Crippen LogP contribution is 2.38. The molecule has 2 unspecified atom stereocenters. The number of carbonyl (C=O) groups is 1. The number of unbranched alkanes of at least 4 members (excludes halogenated alkanes) is 26. The number of phosphoric acid groups is 1.